The third-order valence-corrected chi connectivity index (χ3v) is 13.8. The number of aliphatic carboxylic acids is 2. The Bertz CT molecular complexity index is 1210. The number of esters is 1. The maximum atomic E-state index is 14.5. The molecule has 0 amide bonds. The van der Waals surface area contributed by atoms with E-state index < -0.39 is 23.3 Å². The van der Waals surface area contributed by atoms with Gasteiger partial charge in [0.15, 0.2) is 5.78 Å². The average Bonchev–Trinajstić information content (AvgIpc) is 2.86. The summed E-state index contributed by atoms with van der Waals surface area (Å²) in [5.41, 5.74) is -0.553. The summed E-state index contributed by atoms with van der Waals surface area (Å²) in [4.78, 5) is 50.3. The molecule has 43 heavy (non-hydrogen) atoms. The zero-order valence-electron chi connectivity index (χ0n) is 28.1. The van der Waals surface area contributed by atoms with Crippen LogP contribution >= 0.6 is 0 Å². The van der Waals surface area contributed by atoms with Crippen LogP contribution in [0.2, 0.25) is 0 Å². The van der Waals surface area contributed by atoms with E-state index in [4.69, 9.17) is 9.84 Å². The van der Waals surface area contributed by atoms with Crippen molar-refractivity contribution in [1.29, 1.82) is 0 Å². The van der Waals surface area contributed by atoms with Crippen LogP contribution in [-0.2, 0) is 23.9 Å². The molecule has 0 aliphatic heterocycles. The maximum absolute atomic E-state index is 14.5. The van der Waals surface area contributed by atoms with Crippen molar-refractivity contribution in [2.24, 2.45) is 50.2 Å². The van der Waals surface area contributed by atoms with Crippen molar-refractivity contribution in [1.82, 2.24) is 0 Å². The van der Waals surface area contributed by atoms with E-state index in [2.05, 4.69) is 41.5 Å². The minimum atomic E-state index is -1.01. The first-order valence-corrected chi connectivity index (χ1v) is 15.7. The van der Waals surface area contributed by atoms with Crippen LogP contribution in [0.25, 0.3) is 0 Å². The number of hydrogen-bond acceptors (Lipinski definition) is 5. The van der Waals surface area contributed by atoms with Crippen LogP contribution in [0, 0.1) is 50.2 Å². The Kier molecular flexibility index (Phi) is 10.5. The van der Waals surface area contributed by atoms with Gasteiger partial charge in [-0.05, 0) is 104 Å². The monoisotopic (exact) mass is 616 g/mol. The molecule has 5 rings (SSSR count). The number of fused-ring (bicyclic) bond motifs is 7. The van der Waals surface area contributed by atoms with Gasteiger partial charge in [-0.3, -0.25) is 19.2 Å². The number of carbonyl (C=O) groups is 4. The molecule has 4 fully saturated rings. The third kappa shape index (κ3) is 5.60. The van der Waals surface area contributed by atoms with Gasteiger partial charge in [0, 0.05) is 11.3 Å². The van der Waals surface area contributed by atoms with Crippen LogP contribution in [-0.4, -0.2) is 40.0 Å². The van der Waals surface area contributed by atoms with Crippen LogP contribution < -0.4 is 59.1 Å². The van der Waals surface area contributed by atoms with Crippen molar-refractivity contribution in [2.75, 3.05) is 0 Å². The molecule has 5 aliphatic rings. The van der Waals surface area contributed by atoms with Gasteiger partial charge in [0.1, 0.15) is 6.10 Å². The Morgan fingerprint density at radius 3 is 2.09 bits per heavy atom. The first kappa shape index (κ1) is 37.3. The van der Waals surface area contributed by atoms with Gasteiger partial charge < -0.3 is 14.9 Å². The van der Waals surface area contributed by atoms with Gasteiger partial charge in [-0.2, -0.15) is 0 Å². The van der Waals surface area contributed by atoms with Gasteiger partial charge >= 0.3 is 77.0 Å². The van der Waals surface area contributed by atoms with Crippen molar-refractivity contribution in [3.05, 3.63) is 11.6 Å². The molecule has 4 saturated carbocycles. The molecular weight excluding hydrogens is 566 g/mol. The number of allylic oxidation sites excluding steroid dienone is 2. The number of carboxylic acids is 2. The molecule has 228 valence electrons. The van der Waals surface area contributed by atoms with Crippen LogP contribution in [0.5, 0.6) is 0 Å². The third-order valence-electron chi connectivity index (χ3n) is 13.8. The number of ketones is 1. The summed E-state index contributed by atoms with van der Waals surface area (Å²) in [6.45, 7) is 15.5. The molecule has 2 N–H and O–H groups in total. The molecular formula is C34H50Na2O7+2. The molecule has 0 radical (unpaired) electrons. The quantitative estimate of drug-likeness (QED) is 0.347. The topological polar surface area (TPSA) is 118 Å². The molecule has 7 nitrogen and oxygen atoms in total. The molecule has 0 aromatic heterocycles. The Balaban J connectivity index is 0.00000253. The minimum Gasteiger partial charge on any atom is -0.481 e. The van der Waals surface area contributed by atoms with E-state index >= 15 is 0 Å². The maximum Gasteiger partial charge on any atom is 1.00 e. The summed E-state index contributed by atoms with van der Waals surface area (Å²) < 4.78 is 5.91. The second-order valence-electron chi connectivity index (χ2n) is 16.3. The van der Waals surface area contributed by atoms with Gasteiger partial charge in [-0.15, -0.1) is 0 Å². The van der Waals surface area contributed by atoms with E-state index in [-0.39, 0.29) is 129 Å². The van der Waals surface area contributed by atoms with E-state index in [1.165, 1.54) is 5.57 Å². The SMILES string of the molecule is CC1(C)[C@@H](OC(=O)CCC(=O)O)CC[C@]2(C)[C@H]3C(=O)C=C4[C@@H]5C[C@@](C)(C(=O)O)CC[C@]5(C)CC[C@@]4(C)[C@]3(C)CC[C@@H]12.[Na+].[Na+]. The summed E-state index contributed by atoms with van der Waals surface area (Å²) in [5.74, 6) is -1.87. The van der Waals surface area contributed by atoms with Gasteiger partial charge in [-0.1, -0.05) is 47.1 Å². The summed E-state index contributed by atoms with van der Waals surface area (Å²) in [6, 6.07) is 0. The molecule has 9 atom stereocenters. The van der Waals surface area contributed by atoms with Gasteiger partial charge in [0.25, 0.3) is 0 Å². The molecule has 0 bridgehead atoms. The first-order valence-electron chi connectivity index (χ1n) is 15.7. The second kappa shape index (κ2) is 12.1. The number of rotatable bonds is 5. The standard InChI is InChI=1S/C34H50O7.2Na/c1-29(2)23-10-13-34(7)27(32(23,5)12-11-24(29)41-26(38)9-8-25(36)37)22(35)18-20-21-19-31(4,28(39)40)15-14-30(21,3)16-17-33(20,34)6;;/h18,21,23-24,27H,8-17,19H2,1-7H3,(H,36,37)(H,39,40);;/q;2*+1/t21-,23-,24-,27+,30+,31-,32-,33+,34+;;/m0../s1. The van der Waals surface area contributed by atoms with Crippen molar-refractivity contribution in [3.63, 3.8) is 0 Å². The van der Waals surface area contributed by atoms with Crippen LogP contribution in [0.1, 0.15) is 119 Å². The van der Waals surface area contributed by atoms with Crippen LogP contribution in [0.4, 0.5) is 0 Å². The van der Waals surface area contributed by atoms with Gasteiger partial charge in [0.05, 0.1) is 18.3 Å². The average molecular weight is 617 g/mol. The number of ether oxygens (including phenoxy) is 1. The number of hydrogen-bond donors (Lipinski definition) is 2. The molecule has 0 spiro atoms. The Morgan fingerprint density at radius 2 is 1.49 bits per heavy atom. The van der Waals surface area contributed by atoms with Gasteiger partial charge in [-0.25, -0.2) is 0 Å². The molecule has 0 saturated heterocycles. The molecule has 0 unspecified atom stereocenters. The Morgan fingerprint density at radius 1 is 0.860 bits per heavy atom. The smallest absolute Gasteiger partial charge is 0.481 e. The second-order valence-corrected chi connectivity index (χ2v) is 16.3. The number of carboxylic acid groups (broad SMARTS) is 2. The zero-order valence-corrected chi connectivity index (χ0v) is 32.1. The fourth-order valence-corrected chi connectivity index (χ4v) is 11.0. The molecule has 0 heterocycles. The molecule has 0 aromatic carbocycles. The summed E-state index contributed by atoms with van der Waals surface area (Å²) >= 11 is 0. The normalized spacial score (nSPS) is 44.4. The van der Waals surface area contributed by atoms with Crippen molar-refractivity contribution >= 4 is 23.7 Å². The van der Waals surface area contributed by atoms with E-state index in [1.54, 1.807) is 0 Å². The van der Waals surface area contributed by atoms with E-state index in [0.717, 1.165) is 38.5 Å². The molecule has 5 aliphatic carbocycles. The number of carbonyl (C=O) groups excluding carboxylic acids is 2. The summed E-state index contributed by atoms with van der Waals surface area (Å²) in [5, 5.41) is 19.1. The molecule has 9 heteroatoms. The predicted octanol–water partition coefficient (Wildman–Crippen LogP) is 0.836. The fourth-order valence-electron chi connectivity index (χ4n) is 11.0. The minimum absolute atomic E-state index is 0. The van der Waals surface area contributed by atoms with Crippen LogP contribution in [0.15, 0.2) is 11.6 Å². The Hall–Kier alpha value is -0.180. The largest absolute Gasteiger partial charge is 1.00 e. The zero-order chi connectivity index (χ0) is 30.4. The molecule has 0 aromatic rings. The summed E-state index contributed by atoms with van der Waals surface area (Å²) in [6.07, 6.45) is 8.80. The van der Waals surface area contributed by atoms with Crippen molar-refractivity contribution in [2.45, 2.75) is 125 Å². The van der Waals surface area contributed by atoms with E-state index in [1.807, 2.05) is 13.0 Å². The van der Waals surface area contributed by atoms with Crippen molar-refractivity contribution < 1.29 is 93.2 Å². The van der Waals surface area contributed by atoms with Gasteiger partial charge in [0.2, 0.25) is 0 Å². The van der Waals surface area contributed by atoms with Crippen molar-refractivity contribution in [3.8, 4) is 0 Å². The fraction of sp³-hybridized carbons (Fsp3) is 0.824. The first-order chi connectivity index (χ1) is 18.8. The van der Waals surface area contributed by atoms with Crippen LogP contribution in [0.3, 0.4) is 0 Å². The predicted molar refractivity (Wildman–Crippen MR) is 154 cm³/mol. The Labute approximate surface area is 301 Å². The van der Waals surface area contributed by atoms with E-state index in [9.17, 15) is 24.3 Å². The summed E-state index contributed by atoms with van der Waals surface area (Å²) in [7, 11) is 0. The van der Waals surface area contributed by atoms with E-state index in [0.29, 0.717) is 19.3 Å².